The molecule has 0 radical (unpaired) electrons. The van der Waals surface area contributed by atoms with E-state index in [-0.39, 0.29) is 13.0 Å². The molecule has 0 saturated heterocycles. The highest BCUT2D eigenvalue weighted by Gasteiger charge is 2.21. The molecular formula is C14H13IN2O4S. The molecule has 0 unspecified atom stereocenters. The highest BCUT2D eigenvalue weighted by atomic mass is 127. The first kappa shape index (κ1) is 16.7. The van der Waals surface area contributed by atoms with Crippen molar-refractivity contribution in [2.45, 2.75) is 19.1 Å². The number of aromatic nitrogens is 1. The van der Waals surface area contributed by atoms with Gasteiger partial charge in [0, 0.05) is 0 Å². The fourth-order valence-corrected chi connectivity index (χ4v) is 3.22. The van der Waals surface area contributed by atoms with Gasteiger partial charge in [-0.1, -0.05) is 30.3 Å². The average molecular weight is 432 g/mol. The first-order valence-corrected chi connectivity index (χ1v) is 8.24. The number of hydrogen-bond donors (Lipinski definition) is 2. The Balaban J connectivity index is 1.94. The molecule has 0 aliphatic rings. The average Bonchev–Trinajstić information content (AvgIpc) is 2.92. The largest absolute Gasteiger partial charge is 0.481 e. The number of carbonyl (C=O) groups excluding carboxylic acids is 1. The van der Waals surface area contributed by atoms with E-state index in [9.17, 15) is 9.59 Å². The lowest BCUT2D eigenvalue weighted by Crippen LogP contribution is -2.30. The molecule has 0 saturated carbocycles. The molecule has 1 aromatic carbocycles. The molecule has 0 bridgehead atoms. The van der Waals surface area contributed by atoms with Crippen LogP contribution in [0.2, 0.25) is 0 Å². The molecule has 1 atom stereocenters. The van der Waals surface area contributed by atoms with Crippen LogP contribution in [-0.2, 0) is 16.1 Å². The molecule has 1 amide bonds. The van der Waals surface area contributed by atoms with E-state index in [0.717, 1.165) is 8.45 Å². The summed E-state index contributed by atoms with van der Waals surface area (Å²) in [6.07, 6.45) is 0.719. The van der Waals surface area contributed by atoms with Crippen LogP contribution in [0.4, 0.5) is 4.79 Å². The van der Waals surface area contributed by atoms with Crippen LogP contribution in [0.1, 0.15) is 23.0 Å². The van der Waals surface area contributed by atoms with Crippen LogP contribution in [-0.4, -0.2) is 22.2 Å². The number of halogens is 1. The summed E-state index contributed by atoms with van der Waals surface area (Å²) in [7, 11) is 0. The second-order valence-electron chi connectivity index (χ2n) is 4.36. The number of alkyl carbamates (subject to hydrolysis) is 1. The lowest BCUT2D eigenvalue weighted by Gasteiger charge is -2.14. The summed E-state index contributed by atoms with van der Waals surface area (Å²) in [5, 5.41) is 12.1. The number of aliphatic carboxylic acids is 1. The van der Waals surface area contributed by atoms with Gasteiger partial charge in [-0.05, 0) is 28.2 Å². The van der Waals surface area contributed by atoms with Crippen molar-refractivity contribution in [2.75, 3.05) is 0 Å². The van der Waals surface area contributed by atoms with E-state index >= 15 is 0 Å². The molecule has 0 aliphatic carbocycles. The van der Waals surface area contributed by atoms with Gasteiger partial charge >= 0.3 is 12.1 Å². The Kier molecular flexibility index (Phi) is 6.13. The molecule has 2 N–H and O–H groups in total. The summed E-state index contributed by atoms with van der Waals surface area (Å²) < 4.78 is 6.02. The number of nitrogens with zero attached hydrogens (tertiary/aromatic N) is 1. The van der Waals surface area contributed by atoms with Gasteiger partial charge in [0.1, 0.15) is 11.6 Å². The van der Waals surface area contributed by atoms with Crippen molar-refractivity contribution in [1.82, 2.24) is 10.3 Å². The molecule has 8 heteroatoms. The van der Waals surface area contributed by atoms with Crippen molar-refractivity contribution in [2.24, 2.45) is 0 Å². The topological polar surface area (TPSA) is 88.5 Å². The van der Waals surface area contributed by atoms with Crippen LogP contribution < -0.4 is 5.32 Å². The van der Waals surface area contributed by atoms with Crippen LogP contribution in [0.3, 0.4) is 0 Å². The van der Waals surface area contributed by atoms with Crippen molar-refractivity contribution in [3.05, 3.63) is 50.0 Å². The second kappa shape index (κ2) is 8.08. The minimum Gasteiger partial charge on any atom is -0.481 e. The fourth-order valence-electron chi connectivity index (χ4n) is 1.71. The molecule has 0 fully saturated rings. The van der Waals surface area contributed by atoms with Crippen molar-refractivity contribution in [3.63, 3.8) is 0 Å². The van der Waals surface area contributed by atoms with Gasteiger partial charge in [-0.25, -0.2) is 9.78 Å². The zero-order chi connectivity index (χ0) is 15.9. The number of amides is 1. The van der Waals surface area contributed by atoms with Crippen molar-refractivity contribution >= 4 is 46.0 Å². The molecule has 0 spiro atoms. The number of benzene rings is 1. The Bertz CT molecular complexity index is 647. The molecular weight excluding hydrogens is 419 g/mol. The number of nitrogens with one attached hydrogen (secondary N) is 1. The Morgan fingerprint density at radius 3 is 2.68 bits per heavy atom. The monoisotopic (exact) mass is 432 g/mol. The maximum absolute atomic E-state index is 11.8. The standard InChI is InChI=1S/C14H13IN2O4S/c15-11-7-16-13(22-11)10(6-12(18)19)17-14(20)21-8-9-4-2-1-3-5-9/h1-5,7,10H,6,8H2,(H,17,20)(H,18,19)/t10-/m1/s1. The smallest absolute Gasteiger partial charge is 0.408 e. The van der Waals surface area contributed by atoms with E-state index in [0.29, 0.717) is 5.01 Å². The highest BCUT2D eigenvalue weighted by molar-refractivity contribution is 14.1. The zero-order valence-corrected chi connectivity index (χ0v) is 14.3. The Labute approximate surface area is 144 Å². The minimum absolute atomic E-state index is 0.127. The predicted octanol–water partition coefficient (Wildman–Crippen LogP) is 3.19. The van der Waals surface area contributed by atoms with Gasteiger partial charge in [0.15, 0.2) is 0 Å². The van der Waals surface area contributed by atoms with Crippen molar-refractivity contribution < 1.29 is 19.4 Å². The summed E-state index contributed by atoms with van der Waals surface area (Å²) in [5.41, 5.74) is 0.858. The van der Waals surface area contributed by atoms with Crippen LogP contribution in [0.15, 0.2) is 36.5 Å². The maximum atomic E-state index is 11.8. The maximum Gasteiger partial charge on any atom is 0.408 e. The lowest BCUT2D eigenvalue weighted by atomic mass is 10.2. The third kappa shape index (κ3) is 5.26. The third-order valence-corrected chi connectivity index (χ3v) is 4.52. The van der Waals surface area contributed by atoms with Crippen LogP contribution in [0.25, 0.3) is 0 Å². The molecule has 2 aromatic rings. The van der Waals surface area contributed by atoms with Gasteiger partial charge in [0.05, 0.1) is 21.5 Å². The number of rotatable bonds is 6. The van der Waals surface area contributed by atoms with E-state index in [2.05, 4.69) is 32.9 Å². The predicted molar refractivity (Wildman–Crippen MR) is 89.6 cm³/mol. The second-order valence-corrected chi connectivity index (χ2v) is 7.32. The fraction of sp³-hybridized carbons (Fsp3) is 0.214. The number of hydrogen-bond acceptors (Lipinski definition) is 5. The summed E-state index contributed by atoms with van der Waals surface area (Å²) in [5.74, 6) is -1.02. The minimum atomic E-state index is -1.02. The highest BCUT2D eigenvalue weighted by Crippen LogP contribution is 2.24. The number of carboxylic acids is 1. The first-order chi connectivity index (χ1) is 10.5. The molecule has 2 rings (SSSR count). The molecule has 0 aliphatic heterocycles. The molecule has 1 heterocycles. The van der Waals surface area contributed by atoms with Crippen LogP contribution in [0, 0.1) is 2.88 Å². The van der Waals surface area contributed by atoms with E-state index < -0.39 is 18.1 Å². The number of carbonyl (C=O) groups is 2. The van der Waals surface area contributed by atoms with E-state index in [1.807, 2.05) is 30.3 Å². The summed E-state index contributed by atoms with van der Waals surface area (Å²) in [4.78, 5) is 26.9. The Morgan fingerprint density at radius 2 is 2.09 bits per heavy atom. The Hall–Kier alpha value is -1.68. The van der Waals surface area contributed by atoms with Gasteiger partial charge in [-0.3, -0.25) is 4.79 Å². The van der Waals surface area contributed by atoms with Crippen LogP contribution in [0.5, 0.6) is 0 Å². The summed E-state index contributed by atoms with van der Waals surface area (Å²) in [6, 6.07) is 8.55. The molecule has 6 nitrogen and oxygen atoms in total. The van der Waals surface area contributed by atoms with Gasteiger partial charge in [-0.15, -0.1) is 11.3 Å². The van der Waals surface area contributed by atoms with Gasteiger partial charge in [-0.2, -0.15) is 0 Å². The van der Waals surface area contributed by atoms with Gasteiger partial charge in [0.2, 0.25) is 0 Å². The number of ether oxygens (including phenoxy) is 1. The number of thiazole rings is 1. The Morgan fingerprint density at radius 1 is 1.36 bits per heavy atom. The van der Waals surface area contributed by atoms with E-state index in [4.69, 9.17) is 9.84 Å². The third-order valence-electron chi connectivity index (χ3n) is 2.68. The quantitative estimate of drug-likeness (QED) is 0.685. The summed E-state index contributed by atoms with van der Waals surface area (Å²) in [6.45, 7) is 0.127. The number of carboxylic acid groups (broad SMARTS) is 1. The van der Waals surface area contributed by atoms with Crippen LogP contribution >= 0.6 is 33.9 Å². The van der Waals surface area contributed by atoms with Crippen molar-refractivity contribution in [1.29, 1.82) is 0 Å². The lowest BCUT2D eigenvalue weighted by molar-refractivity contribution is -0.137. The van der Waals surface area contributed by atoms with E-state index in [1.165, 1.54) is 11.3 Å². The van der Waals surface area contributed by atoms with Crippen molar-refractivity contribution in [3.8, 4) is 0 Å². The first-order valence-electron chi connectivity index (χ1n) is 6.35. The SMILES string of the molecule is O=C(O)C[C@@H](NC(=O)OCc1ccccc1)c1ncc(I)s1. The summed E-state index contributed by atoms with van der Waals surface area (Å²) >= 11 is 3.43. The normalized spacial score (nSPS) is 11.7. The zero-order valence-electron chi connectivity index (χ0n) is 11.4. The van der Waals surface area contributed by atoms with E-state index in [1.54, 1.807) is 6.20 Å². The molecule has 116 valence electrons. The van der Waals surface area contributed by atoms with Gasteiger partial charge in [0.25, 0.3) is 0 Å². The van der Waals surface area contributed by atoms with Gasteiger partial charge < -0.3 is 15.2 Å². The molecule has 1 aromatic heterocycles. The molecule has 22 heavy (non-hydrogen) atoms.